The Labute approximate surface area is 191 Å². The monoisotopic (exact) mass is 469 g/mol. The topological polar surface area (TPSA) is 120 Å². The number of hydrogen-bond acceptors (Lipinski definition) is 10. The molecule has 0 saturated carbocycles. The molecule has 0 radical (unpaired) electrons. The standard InChI is InChI=1S/C21H19N5O4S2/c1-2-13-5-7-14(8-6-13)22-20(28)21-25-24-17(32-21)12-29-18(27)10-9-16-23-19(26-30-16)15-4-3-11-31-15/h3-8,11H,2,9-10,12H2,1H3,(H,22,28). The summed E-state index contributed by atoms with van der Waals surface area (Å²) in [5, 5.41) is 17.0. The number of rotatable bonds is 9. The number of thiophene rings is 1. The Bertz CT molecular complexity index is 1190. The lowest BCUT2D eigenvalue weighted by atomic mass is 10.1. The highest BCUT2D eigenvalue weighted by molar-refractivity contribution is 7.13. The maximum atomic E-state index is 12.3. The number of hydrogen-bond donors (Lipinski definition) is 1. The van der Waals surface area contributed by atoms with Crippen molar-refractivity contribution in [2.24, 2.45) is 0 Å². The number of anilines is 1. The van der Waals surface area contributed by atoms with Crippen molar-refractivity contribution in [3.8, 4) is 10.7 Å². The second-order valence-corrected chi connectivity index (χ2v) is 8.67. The Hall–Kier alpha value is -3.44. The first-order valence-electron chi connectivity index (χ1n) is 9.85. The largest absolute Gasteiger partial charge is 0.458 e. The molecule has 0 aliphatic heterocycles. The molecule has 0 spiro atoms. The van der Waals surface area contributed by atoms with Crippen LogP contribution in [0, 0.1) is 0 Å². The molecule has 0 aliphatic rings. The molecule has 0 atom stereocenters. The van der Waals surface area contributed by atoms with E-state index in [0.29, 0.717) is 22.4 Å². The van der Waals surface area contributed by atoms with Gasteiger partial charge in [0.15, 0.2) is 5.01 Å². The number of carbonyl (C=O) groups is 2. The highest BCUT2D eigenvalue weighted by atomic mass is 32.1. The fourth-order valence-electron chi connectivity index (χ4n) is 2.70. The van der Waals surface area contributed by atoms with Crippen LogP contribution >= 0.6 is 22.7 Å². The van der Waals surface area contributed by atoms with Gasteiger partial charge in [0, 0.05) is 12.1 Å². The Balaban J connectivity index is 1.23. The summed E-state index contributed by atoms with van der Waals surface area (Å²) in [5.74, 6) is 0.0804. The van der Waals surface area contributed by atoms with Crippen molar-refractivity contribution in [2.75, 3.05) is 5.32 Å². The van der Waals surface area contributed by atoms with Crippen molar-refractivity contribution >= 4 is 40.2 Å². The van der Waals surface area contributed by atoms with E-state index >= 15 is 0 Å². The first kappa shape index (κ1) is 21.8. The molecule has 0 fully saturated rings. The van der Waals surface area contributed by atoms with Crippen LogP contribution in [0.15, 0.2) is 46.3 Å². The Morgan fingerprint density at radius 1 is 1.16 bits per heavy atom. The molecule has 0 saturated heterocycles. The fraction of sp³-hybridized carbons (Fsp3) is 0.238. The number of aryl methyl sites for hydroxylation is 2. The molecular weight excluding hydrogens is 450 g/mol. The van der Waals surface area contributed by atoms with Crippen LogP contribution < -0.4 is 5.32 Å². The van der Waals surface area contributed by atoms with Crippen LogP contribution in [-0.4, -0.2) is 32.2 Å². The molecular formula is C21H19N5O4S2. The third kappa shape index (κ3) is 5.62. The molecule has 4 aromatic rings. The third-order valence-corrected chi connectivity index (χ3v) is 6.15. The quantitative estimate of drug-likeness (QED) is 0.363. The molecule has 164 valence electrons. The van der Waals surface area contributed by atoms with Gasteiger partial charge in [0.05, 0.1) is 11.3 Å². The number of nitrogens with zero attached hydrogens (tertiary/aromatic N) is 4. The number of nitrogens with one attached hydrogen (secondary N) is 1. The Morgan fingerprint density at radius 2 is 2.00 bits per heavy atom. The van der Waals surface area contributed by atoms with Crippen LogP contribution in [0.1, 0.15) is 39.6 Å². The zero-order valence-corrected chi connectivity index (χ0v) is 18.7. The van der Waals surface area contributed by atoms with E-state index in [0.717, 1.165) is 22.6 Å². The van der Waals surface area contributed by atoms with Crippen LogP contribution in [0.3, 0.4) is 0 Å². The number of benzene rings is 1. The molecule has 0 aliphatic carbocycles. The van der Waals surface area contributed by atoms with Gasteiger partial charge in [-0.3, -0.25) is 9.59 Å². The van der Waals surface area contributed by atoms with Crippen LogP contribution in [0.25, 0.3) is 10.7 Å². The molecule has 1 amide bonds. The molecule has 3 heterocycles. The molecule has 1 N–H and O–H groups in total. The van der Waals surface area contributed by atoms with Gasteiger partial charge in [-0.05, 0) is 35.6 Å². The van der Waals surface area contributed by atoms with E-state index in [4.69, 9.17) is 9.26 Å². The van der Waals surface area contributed by atoms with E-state index in [1.54, 1.807) is 0 Å². The number of amides is 1. The fourth-order valence-corrected chi connectivity index (χ4v) is 3.99. The van der Waals surface area contributed by atoms with Crippen molar-refractivity contribution in [2.45, 2.75) is 32.8 Å². The van der Waals surface area contributed by atoms with E-state index in [-0.39, 0.29) is 30.4 Å². The number of aromatic nitrogens is 4. The maximum Gasteiger partial charge on any atom is 0.306 e. The SMILES string of the molecule is CCc1ccc(NC(=O)c2nnc(COC(=O)CCc3nc(-c4cccs4)no3)s2)cc1. The van der Waals surface area contributed by atoms with Crippen LogP contribution in [-0.2, 0) is 29.0 Å². The Kier molecular flexibility index (Phi) is 6.97. The molecule has 4 rings (SSSR count). The van der Waals surface area contributed by atoms with Gasteiger partial charge in [-0.15, -0.1) is 21.5 Å². The molecule has 9 nitrogen and oxygen atoms in total. The summed E-state index contributed by atoms with van der Waals surface area (Å²) in [4.78, 5) is 29.5. The highest BCUT2D eigenvalue weighted by Gasteiger charge is 2.16. The molecule has 32 heavy (non-hydrogen) atoms. The summed E-state index contributed by atoms with van der Waals surface area (Å²) >= 11 is 2.58. The summed E-state index contributed by atoms with van der Waals surface area (Å²) in [7, 11) is 0. The second-order valence-electron chi connectivity index (χ2n) is 6.66. The van der Waals surface area contributed by atoms with Gasteiger partial charge in [-0.1, -0.05) is 41.6 Å². The van der Waals surface area contributed by atoms with Gasteiger partial charge in [-0.25, -0.2) is 0 Å². The van der Waals surface area contributed by atoms with E-state index < -0.39 is 5.97 Å². The van der Waals surface area contributed by atoms with Crippen molar-refractivity contribution in [3.05, 3.63) is 63.2 Å². The van der Waals surface area contributed by atoms with Crippen LogP contribution in [0.4, 0.5) is 5.69 Å². The summed E-state index contributed by atoms with van der Waals surface area (Å²) in [6.45, 7) is 2.01. The minimum atomic E-state index is -0.432. The van der Waals surface area contributed by atoms with Gasteiger partial charge in [0.2, 0.25) is 16.7 Å². The smallest absolute Gasteiger partial charge is 0.306 e. The minimum absolute atomic E-state index is 0.0563. The van der Waals surface area contributed by atoms with Gasteiger partial charge in [0.1, 0.15) is 6.61 Å². The Morgan fingerprint density at radius 3 is 2.75 bits per heavy atom. The number of carbonyl (C=O) groups excluding carboxylic acids is 2. The molecule has 3 aromatic heterocycles. The van der Waals surface area contributed by atoms with E-state index in [1.165, 1.54) is 16.9 Å². The van der Waals surface area contributed by atoms with Crippen molar-refractivity contribution in [1.29, 1.82) is 0 Å². The normalized spacial score (nSPS) is 10.8. The van der Waals surface area contributed by atoms with E-state index in [1.807, 2.05) is 41.8 Å². The van der Waals surface area contributed by atoms with Crippen LogP contribution in [0.2, 0.25) is 0 Å². The lowest BCUT2D eigenvalue weighted by Crippen LogP contribution is -2.11. The molecule has 0 bridgehead atoms. The lowest BCUT2D eigenvalue weighted by Gasteiger charge is -2.03. The zero-order valence-electron chi connectivity index (χ0n) is 17.1. The first-order valence-corrected chi connectivity index (χ1v) is 11.5. The predicted octanol–water partition coefficient (Wildman–Crippen LogP) is 4.14. The summed E-state index contributed by atoms with van der Waals surface area (Å²) in [5.41, 5.74) is 1.86. The minimum Gasteiger partial charge on any atom is -0.458 e. The molecule has 11 heteroatoms. The summed E-state index contributed by atoms with van der Waals surface area (Å²) < 4.78 is 10.4. The van der Waals surface area contributed by atoms with Crippen molar-refractivity contribution < 1.29 is 18.8 Å². The number of esters is 1. The maximum absolute atomic E-state index is 12.3. The van der Waals surface area contributed by atoms with E-state index in [2.05, 4.69) is 32.6 Å². The van der Waals surface area contributed by atoms with Crippen molar-refractivity contribution in [3.63, 3.8) is 0 Å². The van der Waals surface area contributed by atoms with Gasteiger partial charge >= 0.3 is 5.97 Å². The average molecular weight is 470 g/mol. The first-order chi connectivity index (χ1) is 15.6. The second kappa shape index (κ2) is 10.2. The van der Waals surface area contributed by atoms with Gasteiger partial charge in [-0.2, -0.15) is 4.98 Å². The lowest BCUT2D eigenvalue weighted by molar-refractivity contribution is -0.145. The third-order valence-electron chi connectivity index (χ3n) is 4.39. The zero-order chi connectivity index (χ0) is 22.3. The molecule has 0 unspecified atom stereocenters. The predicted molar refractivity (Wildman–Crippen MR) is 119 cm³/mol. The highest BCUT2D eigenvalue weighted by Crippen LogP contribution is 2.21. The summed E-state index contributed by atoms with van der Waals surface area (Å²) in [6.07, 6.45) is 1.29. The van der Waals surface area contributed by atoms with E-state index in [9.17, 15) is 9.59 Å². The average Bonchev–Trinajstić information content (AvgIpc) is 3.58. The number of ether oxygens (including phenoxy) is 1. The van der Waals surface area contributed by atoms with Gasteiger partial charge < -0.3 is 14.6 Å². The van der Waals surface area contributed by atoms with Gasteiger partial charge in [0.25, 0.3) is 5.91 Å². The molecule has 1 aromatic carbocycles. The summed E-state index contributed by atoms with van der Waals surface area (Å²) in [6, 6.07) is 11.4. The van der Waals surface area contributed by atoms with Crippen molar-refractivity contribution in [1.82, 2.24) is 20.3 Å². The van der Waals surface area contributed by atoms with Crippen LogP contribution in [0.5, 0.6) is 0 Å².